The fourth-order valence-electron chi connectivity index (χ4n) is 3.18. The third-order valence-corrected chi connectivity index (χ3v) is 5.54. The molecule has 1 atom stereocenters. The van der Waals surface area contributed by atoms with Crippen molar-refractivity contribution in [3.05, 3.63) is 53.1 Å². The quantitative estimate of drug-likeness (QED) is 0.862. The molecule has 2 aliphatic rings. The Kier molecular flexibility index (Phi) is 2.57. The summed E-state index contributed by atoms with van der Waals surface area (Å²) in [7, 11) is -0.796. The molecule has 0 radical (unpaired) electrons. The maximum atomic E-state index is 12.0. The van der Waals surface area contributed by atoms with Crippen LogP contribution in [0.15, 0.2) is 41.3 Å². The summed E-state index contributed by atoms with van der Waals surface area (Å²) >= 11 is 0. The maximum absolute atomic E-state index is 12.0. The first kappa shape index (κ1) is 11.4. The molecule has 2 aliphatic heterocycles. The van der Waals surface area contributed by atoms with Gasteiger partial charge in [0.05, 0.1) is 10.8 Å². The predicted octanol–water partition coefficient (Wildman–Crippen LogP) is 2.62. The normalized spacial score (nSPS) is 20.3. The van der Waals surface area contributed by atoms with Gasteiger partial charge >= 0.3 is 0 Å². The van der Waals surface area contributed by atoms with Crippen LogP contribution in [-0.2, 0) is 30.3 Å². The fourth-order valence-corrected chi connectivity index (χ4v) is 4.50. The molecule has 2 heterocycles. The van der Waals surface area contributed by atoms with Crippen LogP contribution < -0.4 is 5.32 Å². The zero-order valence-electron chi connectivity index (χ0n) is 10.6. The number of hydrogen-bond donors (Lipinski definition) is 1. The predicted molar refractivity (Wildman–Crippen MR) is 77.4 cm³/mol. The van der Waals surface area contributed by atoms with E-state index in [-0.39, 0.29) is 0 Å². The summed E-state index contributed by atoms with van der Waals surface area (Å²) in [6.07, 6.45) is 0.940. The Hall–Kier alpha value is -1.45. The Labute approximate surface area is 115 Å². The SMILES string of the molecule is O=S1CCc2c(-c3cccc4c3CNC4)cccc21. The molecule has 0 aromatic heterocycles. The van der Waals surface area contributed by atoms with Crippen LogP contribution in [0.1, 0.15) is 16.7 Å². The van der Waals surface area contributed by atoms with Gasteiger partial charge < -0.3 is 5.32 Å². The van der Waals surface area contributed by atoms with Gasteiger partial charge in [-0.15, -0.1) is 0 Å². The smallest absolute Gasteiger partial charge is 0.0535 e. The van der Waals surface area contributed by atoms with Gasteiger partial charge in [0, 0.05) is 23.7 Å². The Morgan fingerprint density at radius 2 is 1.74 bits per heavy atom. The minimum atomic E-state index is -0.796. The molecule has 2 nitrogen and oxygen atoms in total. The van der Waals surface area contributed by atoms with E-state index < -0.39 is 10.8 Å². The summed E-state index contributed by atoms with van der Waals surface area (Å²) in [4.78, 5) is 1.04. The Bertz CT molecular complexity index is 693. The fraction of sp³-hybridized carbons (Fsp3) is 0.250. The number of nitrogens with one attached hydrogen (secondary N) is 1. The lowest BCUT2D eigenvalue weighted by Gasteiger charge is -2.12. The highest BCUT2D eigenvalue weighted by Crippen LogP contribution is 2.36. The lowest BCUT2D eigenvalue weighted by molar-refractivity contribution is 0.685. The van der Waals surface area contributed by atoms with E-state index in [0.29, 0.717) is 0 Å². The van der Waals surface area contributed by atoms with Crippen molar-refractivity contribution in [1.82, 2.24) is 5.32 Å². The monoisotopic (exact) mass is 269 g/mol. The van der Waals surface area contributed by atoms with E-state index in [4.69, 9.17) is 0 Å². The van der Waals surface area contributed by atoms with Crippen molar-refractivity contribution < 1.29 is 4.21 Å². The van der Waals surface area contributed by atoms with E-state index in [0.717, 1.165) is 30.2 Å². The van der Waals surface area contributed by atoms with Crippen molar-refractivity contribution in [3.8, 4) is 11.1 Å². The van der Waals surface area contributed by atoms with E-state index in [2.05, 4.69) is 29.6 Å². The third kappa shape index (κ3) is 1.69. The Balaban J connectivity index is 1.96. The molecule has 0 fully saturated rings. The molecule has 2 aromatic rings. The minimum Gasteiger partial charge on any atom is -0.309 e. The van der Waals surface area contributed by atoms with Crippen molar-refractivity contribution >= 4 is 10.8 Å². The second-order valence-corrected chi connectivity index (χ2v) is 6.67. The second-order valence-electron chi connectivity index (χ2n) is 5.13. The molecule has 3 heteroatoms. The van der Waals surface area contributed by atoms with E-state index >= 15 is 0 Å². The summed E-state index contributed by atoms with van der Waals surface area (Å²) in [5.41, 5.74) is 6.70. The van der Waals surface area contributed by atoms with Crippen molar-refractivity contribution in [2.75, 3.05) is 5.75 Å². The summed E-state index contributed by atoms with van der Waals surface area (Å²) in [5.74, 6) is 0.777. The van der Waals surface area contributed by atoms with Crippen molar-refractivity contribution in [3.63, 3.8) is 0 Å². The topological polar surface area (TPSA) is 29.1 Å². The van der Waals surface area contributed by atoms with Gasteiger partial charge in [0.25, 0.3) is 0 Å². The van der Waals surface area contributed by atoms with Crippen LogP contribution in [-0.4, -0.2) is 9.96 Å². The van der Waals surface area contributed by atoms with Gasteiger partial charge in [0.15, 0.2) is 0 Å². The Morgan fingerprint density at radius 3 is 2.63 bits per heavy atom. The van der Waals surface area contributed by atoms with Crippen LogP contribution >= 0.6 is 0 Å². The molecule has 0 bridgehead atoms. The van der Waals surface area contributed by atoms with E-state index in [1.165, 1.54) is 27.8 Å². The lowest BCUT2D eigenvalue weighted by Crippen LogP contribution is -2.00. The molecule has 0 aliphatic carbocycles. The highest BCUT2D eigenvalue weighted by Gasteiger charge is 2.23. The van der Waals surface area contributed by atoms with E-state index in [1.54, 1.807) is 0 Å². The van der Waals surface area contributed by atoms with Gasteiger partial charge in [0.2, 0.25) is 0 Å². The first-order valence-corrected chi connectivity index (χ1v) is 7.98. The molecule has 4 rings (SSSR count). The maximum Gasteiger partial charge on any atom is 0.0535 e. The summed E-state index contributed by atoms with van der Waals surface area (Å²) in [5, 5.41) is 3.41. The minimum absolute atomic E-state index is 0.777. The number of rotatable bonds is 1. The standard InChI is InChI=1S/C16H15NOS/c18-19-8-7-14-12(5-2-6-16(14)19)13-4-1-3-11-9-17-10-15(11)13/h1-6,17H,7-10H2. The zero-order chi connectivity index (χ0) is 12.8. The molecule has 0 spiro atoms. The first-order valence-electron chi connectivity index (χ1n) is 6.67. The van der Waals surface area contributed by atoms with Crippen LogP contribution in [0.5, 0.6) is 0 Å². The Morgan fingerprint density at radius 1 is 0.947 bits per heavy atom. The summed E-state index contributed by atoms with van der Waals surface area (Å²) in [6.45, 7) is 1.91. The van der Waals surface area contributed by atoms with Crippen LogP contribution in [0.3, 0.4) is 0 Å². The van der Waals surface area contributed by atoms with Gasteiger partial charge in [-0.25, -0.2) is 0 Å². The number of fused-ring (bicyclic) bond motifs is 2. The lowest BCUT2D eigenvalue weighted by atomic mass is 9.93. The highest BCUT2D eigenvalue weighted by molar-refractivity contribution is 7.85. The highest BCUT2D eigenvalue weighted by atomic mass is 32.2. The van der Waals surface area contributed by atoms with Gasteiger partial charge in [-0.3, -0.25) is 4.21 Å². The largest absolute Gasteiger partial charge is 0.309 e. The molecular weight excluding hydrogens is 254 g/mol. The van der Waals surface area contributed by atoms with Crippen LogP contribution in [0.4, 0.5) is 0 Å². The summed E-state index contributed by atoms with van der Waals surface area (Å²) < 4.78 is 12.0. The molecule has 1 unspecified atom stereocenters. The van der Waals surface area contributed by atoms with Gasteiger partial charge in [0.1, 0.15) is 0 Å². The first-order chi connectivity index (χ1) is 9.34. The average Bonchev–Trinajstić information content (AvgIpc) is 3.05. The summed E-state index contributed by atoms with van der Waals surface area (Å²) in [6, 6.07) is 12.8. The van der Waals surface area contributed by atoms with E-state index in [9.17, 15) is 4.21 Å². The molecule has 1 N–H and O–H groups in total. The molecule has 0 saturated carbocycles. The molecule has 2 aromatic carbocycles. The van der Waals surface area contributed by atoms with Crippen LogP contribution in [0.2, 0.25) is 0 Å². The number of hydrogen-bond acceptors (Lipinski definition) is 2. The molecule has 96 valence electrons. The van der Waals surface area contributed by atoms with Gasteiger partial charge in [-0.05, 0) is 40.3 Å². The molecule has 0 amide bonds. The molecule has 0 saturated heterocycles. The van der Waals surface area contributed by atoms with E-state index in [1.807, 2.05) is 12.1 Å². The molecular formula is C16H15NOS. The van der Waals surface area contributed by atoms with Crippen molar-refractivity contribution in [2.24, 2.45) is 0 Å². The zero-order valence-corrected chi connectivity index (χ0v) is 11.4. The molecule has 19 heavy (non-hydrogen) atoms. The second kappa shape index (κ2) is 4.29. The van der Waals surface area contributed by atoms with Crippen LogP contribution in [0.25, 0.3) is 11.1 Å². The van der Waals surface area contributed by atoms with Gasteiger partial charge in [-0.1, -0.05) is 30.3 Å². The van der Waals surface area contributed by atoms with Crippen molar-refractivity contribution in [2.45, 2.75) is 24.4 Å². The van der Waals surface area contributed by atoms with Crippen molar-refractivity contribution in [1.29, 1.82) is 0 Å². The number of benzene rings is 2. The third-order valence-electron chi connectivity index (χ3n) is 4.10. The van der Waals surface area contributed by atoms with Gasteiger partial charge in [-0.2, -0.15) is 0 Å². The average molecular weight is 269 g/mol. The van der Waals surface area contributed by atoms with Crippen LogP contribution in [0, 0.1) is 0 Å².